The topological polar surface area (TPSA) is 52.1 Å². The van der Waals surface area contributed by atoms with Crippen LogP contribution in [0.1, 0.15) is 11.1 Å². The van der Waals surface area contributed by atoms with Crippen LogP contribution in [0.5, 0.6) is 0 Å². The van der Waals surface area contributed by atoms with Crippen molar-refractivity contribution in [3.8, 4) is 44.8 Å². The first-order chi connectivity index (χ1) is 26.6. The van der Waals surface area contributed by atoms with E-state index < -0.39 is 0 Å². The molecule has 7 aromatic carbocycles. The van der Waals surface area contributed by atoms with Crippen molar-refractivity contribution in [2.75, 3.05) is 0 Å². The molecule has 0 unspecified atom stereocenters. The van der Waals surface area contributed by atoms with Gasteiger partial charge in [-0.1, -0.05) is 133 Å². The van der Waals surface area contributed by atoms with Crippen molar-refractivity contribution in [3.05, 3.63) is 169 Å². The molecule has 0 aliphatic heterocycles. The highest BCUT2D eigenvalue weighted by atomic mass is 16.3. The molecule has 0 N–H and O–H groups in total. The van der Waals surface area contributed by atoms with Crippen molar-refractivity contribution in [1.82, 2.24) is 9.97 Å². The van der Waals surface area contributed by atoms with Crippen molar-refractivity contribution in [3.63, 3.8) is 0 Å². The van der Waals surface area contributed by atoms with Crippen LogP contribution in [0.15, 0.2) is 167 Å². The monoisotopic (exact) mass is 692 g/mol. The van der Waals surface area contributed by atoms with E-state index in [0.717, 1.165) is 110 Å². The number of aryl methyl sites for hydroxylation is 2. The fraction of sp³-hybridized carbons (Fsp3) is 0.0400. The van der Waals surface area contributed by atoms with E-state index in [9.17, 15) is 0 Å². The van der Waals surface area contributed by atoms with Gasteiger partial charge in [-0.15, -0.1) is 0 Å². The van der Waals surface area contributed by atoms with E-state index in [2.05, 4.69) is 147 Å². The predicted molar refractivity (Wildman–Crippen MR) is 223 cm³/mol. The molecule has 11 rings (SSSR count). The summed E-state index contributed by atoms with van der Waals surface area (Å²) in [5.41, 5.74) is 16.1. The molecule has 0 aliphatic carbocycles. The van der Waals surface area contributed by atoms with E-state index in [1.807, 2.05) is 24.3 Å². The molecule has 4 nitrogen and oxygen atoms in total. The van der Waals surface area contributed by atoms with Crippen LogP contribution >= 0.6 is 0 Å². The van der Waals surface area contributed by atoms with Crippen LogP contribution in [0.3, 0.4) is 0 Å². The molecule has 0 saturated carbocycles. The Morgan fingerprint density at radius 1 is 0.352 bits per heavy atom. The zero-order valence-electron chi connectivity index (χ0n) is 29.7. The van der Waals surface area contributed by atoms with E-state index >= 15 is 0 Å². The lowest BCUT2D eigenvalue weighted by Crippen LogP contribution is -1.95. The number of furan rings is 2. The fourth-order valence-electron chi connectivity index (χ4n) is 8.20. The highest BCUT2D eigenvalue weighted by Crippen LogP contribution is 2.39. The Kier molecular flexibility index (Phi) is 6.65. The summed E-state index contributed by atoms with van der Waals surface area (Å²) in [6.07, 6.45) is 0. The fourth-order valence-corrected chi connectivity index (χ4v) is 8.20. The van der Waals surface area contributed by atoms with Gasteiger partial charge in [0.2, 0.25) is 0 Å². The Labute approximate surface area is 311 Å². The van der Waals surface area contributed by atoms with Crippen LogP contribution in [-0.4, -0.2) is 9.97 Å². The van der Waals surface area contributed by atoms with Crippen LogP contribution in [0.4, 0.5) is 0 Å². The van der Waals surface area contributed by atoms with Gasteiger partial charge in [-0.2, -0.15) is 0 Å². The lowest BCUT2D eigenvalue weighted by molar-refractivity contribution is 0.669. The van der Waals surface area contributed by atoms with Crippen molar-refractivity contribution < 1.29 is 8.83 Å². The van der Waals surface area contributed by atoms with Gasteiger partial charge in [-0.3, -0.25) is 0 Å². The third kappa shape index (κ3) is 4.70. The van der Waals surface area contributed by atoms with Gasteiger partial charge in [-0.25, -0.2) is 9.97 Å². The van der Waals surface area contributed by atoms with Gasteiger partial charge in [0, 0.05) is 54.6 Å². The first kappa shape index (κ1) is 30.6. The Balaban J connectivity index is 0.978. The minimum absolute atomic E-state index is 0.903. The highest BCUT2D eigenvalue weighted by Gasteiger charge is 2.16. The Morgan fingerprint density at radius 3 is 1.19 bits per heavy atom. The molecular formula is C50H32N2O2. The normalized spacial score (nSPS) is 11.9. The maximum atomic E-state index is 6.34. The summed E-state index contributed by atoms with van der Waals surface area (Å²) in [4.78, 5) is 10.6. The van der Waals surface area contributed by atoms with E-state index in [1.54, 1.807) is 0 Å². The Morgan fingerprint density at radius 2 is 0.741 bits per heavy atom. The van der Waals surface area contributed by atoms with Gasteiger partial charge in [0.25, 0.3) is 0 Å². The predicted octanol–water partition coefficient (Wildman–Crippen LogP) is 13.9. The van der Waals surface area contributed by atoms with Gasteiger partial charge >= 0.3 is 0 Å². The van der Waals surface area contributed by atoms with Crippen molar-refractivity contribution >= 4 is 65.7 Å². The minimum Gasteiger partial charge on any atom is -0.455 e. The second-order valence-corrected chi connectivity index (χ2v) is 14.2. The molecule has 11 aromatic rings. The quantitative estimate of drug-likeness (QED) is 0.172. The van der Waals surface area contributed by atoms with Crippen molar-refractivity contribution in [2.45, 2.75) is 13.8 Å². The minimum atomic E-state index is 0.903. The summed E-state index contributed by atoms with van der Waals surface area (Å²) in [6, 6.07) is 55.2. The molecule has 4 heterocycles. The molecule has 0 fully saturated rings. The lowest BCUT2D eigenvalue weighted by Gasteiger charge is -2.13. The van der Waals surface area contributed by atoms with Gasteiger partial charge in [0.05, 0.1) is 22.4 Å². The van der Waals surface area contributed by atoms with Crippen LogP contribution < -0.4 is 0 Å². The summed E-state index contributed by atoms with van der Waals surface area (Å²) in [5.74, 6) is 0. The second kappa shape index (κ2) is 11.7. The molecule has 0 bridgehead atoms. The molecule has 4 aromatic heterocycles. The van der Waals surface area contributed by atoms with Crippen LogP contribution in [0, 0.1) is 13.8 Å². The van der Waals surface area contributed by atoms with E-state index in [-0.39, 0.29) is 0 Å². The molecule has 0 radical (unpaired) electrons. The van der Waals surface area contributed by atoms with Gasteiger partial charge in [-0.05, 0) is 60.4 Å². The number of para-hydroxylation sites is 4. The summed E-state index contributed by atoms with van der Waals surface area (Å²) in [7, 11) is 0. The summed E-state index contributed by atoms with van der Waals surface area (Å²) >= 11 is 0. The number of fused-ring (bicyclic) bond motifs is 9. The van der Waals surface area contributed by atoms with Gasteiger partial charge in [0.15, 0.2) is 0 Å². The SMILES string of the molecule is Cc1cc(-c2ccc(-c3cccc4c3oc3ccccc34)cc2)nc2c1ccc1c(C)cc(-c3ccc(-c4cccc5c4oc4ccccc45)cc3)nc12. The maximum absolute atomic E-state index is 6.34. The lowest BCUT2D eigenvalue weighted by atomic mass is 9.97. The highest BCUT2D eigenvalue weighted by molar-refractivity contribution is 6.11. The standard InChI is InChI=1S/C50H32N2O2/c1-29-27-43(33-21-17-31(18-22-33)37-11-7-13-41-39-9-3-5-15-45(39)53-49(37)41)51-47-35(29)25-26-36-30(2)28-44(52-48(36)47)34-23-19-32(20-24-34)38-12-8-14-42-40-10-4-6-16-46(40)54-50(38)42/h3-28H,1-2H3. The Hall–Kier alpha value is -7.04. The van der Waals surface area contributed by atoms with Crippen LogP contribution in [-0.2, 0) is 0 Å². The Bertz CT molecular complexity index is 3060. The second-order valence-electron chi connectivity index (χ2n) is 14.2. The zero-order valence-corrected chi connectivity index (χ0v) is 29.7. The number of rotatable bonds is 4. The molecule has 0 spiro atoms. The summed E-state index contributed by atoms with van der Waals surface area (Å²) in [5, 5.41) is 6.74. The molecule has 0 saturated heterocycles. The number of nitrogens with zero attached hydrogens (tertiary/aromatic N) is 2. The average molecular weight is 693 g/mol. The molecule has 254 valence electrons. The number of pyridine rings is 2. The van der Waals surface area contributed by atoms with Gasteiger partial charge in [0.1, 0.15) is 22.3 Å². The van der Waals surface area contributed by atoms with E-state index in [0.29, 0.717) is 0 Å². The first-order valence-corrected chi connectivity index (χ1v) is 18.3. The maximum Gasteiger partial charge on any atom is 0.143 e. The van der Waals surface area contributed by atoms with E-state index in [1.165, 1.54) is 11.1 Å². The largest absolute Gasteiger partial charge is 0.455 e. The molecule has 0 amide bonds. The zero-order chi connectivity index (χ0) is 35.9. The first-order valence-electron chi connectivity index (χ1n) is 18.3. The number of hydrogen-bond donors (Lipinski definition) is 0. The number of benzene rings is 7. The number of aromatic nitrogens is 2. The third-order valence-corrected chi connectivity index (χ3v) is 11.0. The smallest absolute Gasteiger partial charge is 0.143 e. The molecule has 54 heavy (non-hydrogen) atoms. The van der Waals surface area contributed by atoms with Crippen LogP contribution in [0.25, 0.3) is 110 Å². The average Bonchev–Trinajstić information content (AvgIpc) is 3.80. The van der Waals surface area contributed by atoms with Crippen molar-refractivity contribution in [1.29, 1.82) is 0 Å². The molecule has 0 atom stereocenters. The molecule has 0 aliphatic rings. The summed E-state index contributed by atoms with van der Waals surface area (Å²) < 4.78 is 12.7. The van der Waals surface area contributed by atoms with Crippen LogP contribution in [0.2, 0.25) is 0 Å². The number of hydrogen-bond acceptors (Lipinski definition) is 4. The summed E-state index contributed by atoms with van der Waals surface area (Å²) in [6.45, 7) is 4.32. The molecule has 4 heteroatoms. The molecular weight excluding hydrogens is 661 g/mol. The van der Waals surface area contributed by atoms with Crippen molar-refractivity contribution in [2.24, 2.45) is 0 Å². The van der Waals surface area contributed by atoms with Gasteiger partial charge < -0.3 is 8.83 Å². The van der Waals surface area contributed by atoms with E-state index in [4.69, 9.17) is 18.8 Å². The third-order valence-electron chi connectivity index (χ3n) is 11.0.